The molecule has 1 aromatic heterocycles. The number of nitrogens with one attached hydrogen (secondary N) is 1. The molecule has 8 nitrogen and oxygen atoms in total. The SMILES string of the molecule is C[C@@]1(Cc2ccc(Br)cc2)C(=O)N(c2cc(Cl)cc(Cl)c2)c2ncc(S(=O)(=O)NC3CCCC[C@@H]3N)n21. The number of amides is 1. The third kappa shape index (κ3) is 4.95. The van der Waals surface area contributed by atoms with Crippen LogP contribution in [0.1, 0.15) is 38.2 Å². The second-order valence-electron chi connectivity index (χ2n) is 9.75. The van der Waals surface area contributed by atoms with Crippen molar-refractivity contribution in [3.05, 3.63) is 68.7 Å². The molecular formula is C25H26BrCl2N5O3S. The minimum atomic E-state index is -4.06. The highest BCUT2D eigenvalue weighted by molar-refractivity contribution is 9.10. The molecule has 0 radical (unpaired) electrons. The lowest BCUT2D eigenvalue weighted by Gasteiger charge is -2.30. The number of hydrogen-bond donors (Lipinski definition) is 2. The molecule has 12 heteroatoms. The fraction of sp³-hybridized carbons (Fsp3) is 0.360. The molecule has 3 N–H and O–H groups in total. The summed E-state index contributed by atoms with van der Waals surface area (Å²) >= 11 is 15.9. The second-order valence-corrected chi connectivity index (χ2v) is 13.2. The first-order valence-corrected chi connectivity index (χ1v) is 14.9. The summed E-state index contributed by atoms with van der Waals surface area (Å²) in [5.41, 5.74) is 6.19. The number of carbonyl (C=O) groups is 1. The number of halogens is 3. The quantitative estimate of drug-likeness (QED) is 0.394. The van der Waals surface area contributed by atoms with Crippen LogP contribution in [0.2, 0.25) is 10.0 Å². The summed E-state index contributed by atoms with van der Waals surface area (Å²) in [6.07, 6.45) is 4.80. The van der Waals surface area contributed by atoms with Crippen LogP contribution >= 0.6 is 39.1 Å². The van der Waals surface area contributed by atoms with Crippen LogP contribution in [0.4, 0.5) is 11.6 Å². The van der Waals surface area contributed by atoms with Gasteiger partial charge in [-0.1, -0.05) is 64.1 Å². The van der Waals surface area contributed by atoms with Gasteiger partial charge in [0.05, 0.1) is 11.9 Å². The molecule has 1 amide bonds. The summed E-state index contributed by atoms with van der Waals surface area (Å²) in [4.78, 5) is 19.9. The van der Waals surface area contributed by atoms with E-state index in [1.807, 2.05) is 24.3 Å². The number of hydrogen-bond acceptors (Lipinski definition) is 5. The Morgan fingerprint density at radius 1 is 1.14 bits per heavy atom. The van der Waals surface area contributed by atoms with Gasteiger partial charge in [0.25, 0.3) is 15.9 Å². The van der Waals surface area contributed by atoms with Crippen molar-refractivity contribution in [2.75, 3.05) is 4.90 Å². The van der Waals surface area contributed by atoms with Gasteiger partial charge >= 0.3 is 0 Å². The first-order chi connectivity index (χ1) is 17.5. The lowest BCUT2D eigenvalue weighted by atomic mass is 9.92. The minimum absolute atomic E-state index is 0.0936. The van der Waals surface area contributed by atoms with Crippen LogP contribution in [0.5, 0.6) is 0 Å². The molecule has 1 fully saturated rings. The van der Waals surface area contributed by atoms with Crippen molar-refractivity contribution in [3.63, 3.8) is 0 Å². The number of imidazole rings is 1. The molecular weight excluding hydrogens is 601 g/mol. The number of benzene rings is 2. The van der Waals surface area contributed by atoms with Crippen molar-refractivity contribution in [1.82, 2.24) is 14.3 Å². The van der Waals surface area contributed by atoms with Gasteiger partial charge in [0.1, 0.15) is 5.54 Å². The third-order valence-corrected chi connectivity index (χ3v) is 9.45. The largest absolute Gasteiger partial charge is 0.326 e. The maximum absolute atomic E-state index is 14.1. The minimum Gasteiger partial charge on any atom is -0.326 e. The Bertz CT molecular complexity index is 1440. The normalized spacial score (nSPS) is 23.9. The lowest BCUT2D eigenvalue weighted by molar-refractivity contribution is -0.124. The van der Waals surface area contributed by atoms with E-state index in [1.54, 1.807) is 25.1 Å². The van der Waals surface area contributed by atoms with E-state index in [2.05, 4.69) is 25.6 Å². The zero-order valence-electron chi connectivity index (χ0n) is 20.0. The van der Waals surface area contributed by atoms with Crippen LogP contribution in [0.3, 0.4) is 0 Å². The highest BCUT2D eigenvalue weighted by atomic mass is 79.9. The zero-order valence-corrected chi connectivity index (χ0v) is 23.9. The van der Waals surface area contributed by atoms with Crippen molar-refractivity contribution < 1.29 is 13.2 Å². The van der Waals surface area contributed by atoms with E-state index < -0.39 is 15.6 Å². The van der Waals surface area contributed by atoms with Crippen LogP contribution in [0, 0.1) is 0 Å². The molecule has 1 aliphatic heterocycles. The fourth-order valence-corrected chi connectivity index (χ4v) is 7.49. The fourth-order valence-electron chi connectivity index (χ4n) is 5.19. The van der Waals surface area contributed by atoms with E-state index in [0.717, 1.165) is 29.3 Å². The topological polar surface area (TPSA) is 110 Å². The van der Waals surface area contributed by atoms with Crippen LogP contribution in [-0.2, 0) is 26.8 Å². The summed E-state index contributed by atoms with van der Waals surface area (Å²) < 4.78 is 32.6. The molecule has 1 saturated carbocycles. The molecule has 2 heterocycles. The van der Waals surface area contributed by atoms with Gasteiger partial charge in [0.15, 0.2) is 5.03 Å². The van der Waals surface area contributed by atoms with Crippen molar-refractivity contribution in [3.8, 4) is 0 Å². The number of rotatable bonds is 6. The van der Waals surface area contributed by atoms with Crippen molar-refractivity contribution in [1.29, 1.82) is 0 Å². The molecule has 2 aliphatic rings. The molecule has 1 unspecified atom stereocenters. The van der Waals surface area contributed by atoms with Crippen LogP contribution in [0.15, 0.2) is 58.2 Å². The summed E-state index contributed by atoms with van der Waals surface area (Å²) in [5, 5.41) is 0.593. The molecule has 0 spiro atoms. The Labute approximate surface area is 234 Å². The maximum Gasteiger partial charge on any atom is 0.260 e. The molecule has 5 rings (SSSR count). The van der Waals surface area contributed by atoms with Crippen molar-refractivity contribution >= 4 is 66.7 Å². The van der Waals surface area contributed by atoms with Crippen LogP contribution < -0.4 is 15.4 Å². The number of fused-ring (bicyclic) bond motifs is 1. The van der Waals surface area contributed by atoms with Crippen LogP contribution in [-0.4, -0.2) is 36.0 Å². The standard InChI is InChI=1S/C25H26BrCl2N5O3S/c1-25(13-15-6-8-16(26)9-7-15)23(34)32(19-11-17(27)10-18(28)12-19)24-30-14-22(33(24)25)37(35,36)31-21-5-3-2-4-20(21)29/h6-12,14,20-21,31H,2-5,13,29H2,1H3/t20-,21?,25+/m0/s1. The second kappa shape index (κ2) is 9.98. The molecule has 1 aliphatic carbocycles. The maximum atomic E-state index is 14.1. The van der Waals surface area contributed by atoms with Gasteiger partial charge in [-0.25, -0.2) is 23.0 Å². The molecule has 3 aromatic rings. The van der Waals surface area contributed by atoms with Gasteiger partial charge in [0.2, 0.25) is 5.95 Å². The Morgan fingerprint density at radius 3 is 2.43 bits per heavy atom. The highest BCUT2D eigenvalue weighted by Gasteiger charge is 2.52. The van der Waals surface area contributed by atoms with Gasteiger partial charge in [-0.05, 0) is 55.7 Å². The summed E-state index contributed by atoms with van der Waals surface area (Å²) in [6.45, 7) is 1.72. The van der Waals surface area contributed by atoms with E-state index in [4.69, 9.17) is 28.9 Å². The first kappa shape index (κ1) is 26.6. The number of carbonyl (C=O) groups excluding carboxylic acids is 1. The van der Waals surface area contributed by atoms with E-state index in [0.29, 0.717) is 22.2 Å². The Hall–Kier alpha value is -1.95. The Morgan fingerprint density at radius 2 is 1.78 bits per heavy atom. The average molecular weight is 627 g/mol. The predicted octanol–water partition coefficient (Wildman–Crippen LogP) is 5.14. The number of nitrogens with zero attached hydrogens (tertiary/aromatic N) is 3. The molecule has 2 aromatic carbocycles. The lowest BCUT2D eigenvalue weighted by Crippen LogP contribution is -2.50. The van der Waals surface area contributed by atoms with Crippen molar-refractivity contribution in [2.24, 2.45) is 5.73 Å². The van der Waals surface area contributed by atoms with Crippen molar-refractivity contribution in [2.45, 2.75) is 61.7 Å². The van der Waals surface area contributed by atoms with Gasteiger partial charge < -0.3 is 5.73 Å². The van der Waals surface area contributed by atoms with Gasteiger partial charge in [-0.2, -0.15) is 0 Å². The Balaban J connectivity index is 1.63. The summed E-state index contributed by atoms with van der Waals surface area (Å²) in [6, 6.07) is 11.7. The van der Waals surface area contributed by atoms with Gasteiger partial charge in [-0.15, -0.1) is 0 Å². The summed E-state index contributed by atoms with van der Waals surface area (Å²) in [7, 11) is -4.06. The summed E-state index contributed by atoms with van der Waals surface area (Å²) in [5.74, 6) is -0.168. The average Bonchev–Trinajstić information content (AvgIpc) is 3.35. The number of anilines is 2. The molecule has 196 valence electrons. The molecule has 0 bridgehead atoms. The van der Waals surface area contributed by atoms with E-state index in [-0.39, 0.29) is 35.4 Å². The molecule has 3 atom stereocenters. The van der Waals surface area contributed by atoms with Gasteiger partial charge in [0, 0.05) is 33.0 Å². The zero-order chi connectivity index (χ0) is 26.5. The number of sulfonamides is 1. The monoisotopic (exact) mass is 625 g/mol. The van der Waals surface area contributed by atoms with E-state index >= 15 is 0 Å². The van der Waals surface area contributed by atoms with E-state index in [1.165, 1.54) is 15.7 Å². The predicted molar refractivity (Wildman–Crippen MR) is 148 cm³/mol. The Kier molecular flexibility index (Phi) is 7.19. The number of nitrogens with two attached hydrogens (primary N) is 1. The van der Waals surface area contributed by atoms with Crippen LogP contribution in [0.25, 0.3) is 0 Å². The van der Waals surface area contributed by atoms with Gasteiger partial charge in [-0.3, -0.25) is 9.36 Å². The molecule has 0 saturated heterocycles. The first-order valence-electron chi connectivity index (χ1n) is 11.9. The highest BCUT2D eigenvalue weighted by Crippen LogP contribution is 2.44. The molecule has 37 heavy (non-hydrogen) atoms. The smallest absolute Gasteiger partial charge is 0.260 e. The third-order valence-electron chi connectivity index (χ3n) is 7.04. The number of aromatic nitrogens is 2. The van der Waals surface area contributed by atoms with E-state index in [9.17, 15) is 13.2 Å².